The zero-order valence-corrected chi connectivity index (χ0v) is 4.46. The van der Waals surface area contributed by atoms with Crippen molar-refractivity contribution in [1.82, 2.24) is 9.97 Å². The van der Waals surface area contributed by atoms with Crippen molar-refractivity contribution in [2.24, 2.45) is 0 Å². The fraction of sp³-hybridized carbons (Fsp3) is 0.400. The minimum Gasteiger partial charge on any atom is -0.396 e. The quantitative estimate of drug-likeness (QED) is 0.576. The summed E-state index contributed by atoms with van der Waals surface area (Å²) < 4.78 is 0. The van der Waals surface area contributed by atoms with Crippen LogP contribution < -0.4 is 0 Å². The van der Waals surface area contributed by atoms with E-state index in [0.717, 1.165) is 5.69 Å². The van der Waals surface area contributed by atoms with E-state index < -0.39 is 0 Å². The van der Waals surface area contributed by atoms with E-state index in [1.807, 2.05) is 0 Å². The van der Waals surface area contributed by atoms with E-state index in [9.17, 15) is 0 Å². The van der Waals surface area contributed by atoms with E-state index in [1.165, 1.54) is 0 Å². The molecular weight excluding hydrogens is 104 g/mol. The number of aliphatic hydroxyl groups excluding tert-OH is 1. The van der Waals surface area contributed by atoms with Gasteiger partial charge in [-0.3, -0.25) is 0 Å². The second-order valence-electron chi connectivity index (χ2n) is 1.55. The Morgan fingerprint density at radius 1 is 1.88 bits per heavy atom. The van der Waals surface area contributed by atoms with Crippen molar-refractivity contribution >= 4 is 0 Å². The number of aromatic nitrogens is 2. The predicted octanol–water partition coefficient (Wildman–Crippen LogP) is 0.190. The highest BCUT2D eigenvalue weighted by atomic mass is 16.3. The molecule has 0 radical (unpaired) electrons. The molecule has 0 fully saturated rings. The Bertz CT molecular complexity index is 141. The summed E-state index contributed by atoms with van der Waals surface area (Å²) in [6.45, 7) is 0.183. The number of hydrogen-bond acceptors (Lipinski definition) is 2. The molecule has 3 heteroatoms. The Hall–Kier alpha value is -0.830. The van der Waals surface area contributed by atoms with Crippen LogP contribution in [0.4, 0.5) is 0 Å². The maximum atomic E-state index is 8.39. The molecule has 46 valence electrons. The number of H-pyrrole nitrogens is 1. The number of aromatic amines is 1. The van der Waals surface area contributed by atoms with E-state index in [4.69, 9.17) is 5.11 Å². The Balaban J connectivity index is 0.000000640. The minimum atomic E-state index is 0. The minimum absolute atomic E-state index is 0. The summed E-state index contributed by atoms with van der Waals surface area (Å²) >= 11 is 0. The molecule has 0 aliphatic heterocycles. The van der Waals surface area contributed by atoms with E-state index in [1.54, 1.807) is 12.5 Å². The summed E-state index contributed by atoms with van der Waals surface area (Å²) in [7, 11) is 0. The molecule has 0 aromatic carbocycles. The molecule has 0 spiro atoms. The lowest BCUT2D eigenvalue weighted by Gasteiger charge is -1.85. The van der Waals surface area contributed by atoms with Crippen LogP contribution in [0.2, 0.25) is 0 Å². The van der Waals surface area contributed by atoms with Gasteiger partial charge in [-0.05, 0) is 0 Å². The van der Waals surface area contributed by atoms with Gasteiger partial charge in [-0.2, -0.15) is 0 Å². The van der Waals surface area contributed by atoms with E-state index >= 15 is 0 Å². The standard InChI is InChI=1S/C5H8N2O.H2/c8-2-1-5-3-6-4-7-5;/h3-4,8H,1-2H2,(H,6,7);1H. The van der Waals surface area contributed by atoms with Gasteiger partial charge in [-0.15, -0.1) is 0 Å². The first kappa shape index (κ1) is 5.31. The van der Waals surface area contributed by atoms with Crippen LogP contribution in [-0.2, 0) is 6.42 Å². The first-order chi connectivity index (χ1) is 3.93. The van der Waals surface area contributed by atoms with Crippen molar-refractivity contribution in [2.75, 3.05) is 6.61 Å². The molecular formula is C5H10N2O. The van der Waals surface area contributed by atoms with Gasteiger partial charge in [0.15, 0.2) is 0 Å². The van der Waals surface area contributed by atoms with Crippen molar-refractivity contribution in [3.8, 4) is 0 Å². The average molecular weight is 114 g/mol. The van der Waals surface area contributed by atoms with Gasteiger partial charge >= 0.3 is 0 Å². The lowest BCUT2D eigenvalue weighted by Crippen LogP contribution is -1.88. The van der Waals surface area contributed by atoms with Crippen LogP contribution in [0.25, 0.3) is 0 Å². The number of imidazole rings is 1. The average Bonchev–Trinajstić information content (AvgIpc) is 2.19. The van der Waals surface area contributed by atoms with Crippen molar-refractivity contribution < 1.29 is 6.53 Å². The van der Waals surface area contributed by atoms with Crippen LogP contribution >= 0.6 is 0 Å². The van der Waals surface area contributed by atoms with Gasteiger partial charge in [0, 0.05) is 26.3 Å². The number of aliphatic hydroxyl groups is 1. The maximum Gasteiger partial charge on any atom is 0.0921 e. The summed E-state index contributed by atoms with van der Waals surface area (Å²) in [6.07, 6.45) is 3.97. The lowest BCUT2D eigenvalue weighted by atomic mass is 10.4. The van der Waals surface area contributed by atoms with Gasteiger partial charge in [0.2, 0.25) is 0 Å². The molecule has 1 aromatic heterocycles. The third-order valence-corrected chi connectivity index (χ3v) is 0.936. The highest BCUT2D eigenvalue weighted by Crippen LogP contribution is 1.89. The molecule has 0 aliphatic carbocycles. The Kier molecular flexibility index (Phi) is 1.64. The number of nitrogens with zero attached hydrogens (tertiary/aromatic N) is 1. The number of rotatable bonds is 2. The third kappa shape index (κ3) is 1.07. The third-order valence-electron chi connectivity index (χ3n) is 0.936. The van der Waals surface area contributed by atoms with Gasteiger partial charge < -0.3 is 10.1 Å². The van der Waals surface area contributed by atoms with E-state index in [-0.39, 0.29) is 8.03 Å². The molecule has 0 saturated carbocycles. The highest BCUT2D eigenvalue weighted by Gasteiger charge is 1.87. The molecule has 0 aliphatic rings. The molecule has 2 N–H and O–H groups in total. The maximum absolute atomic E-state index is 8.39. The summed E-state index contributed by atoms with van der Waals surface area (Å²) in [5.41, 5.74) is 0.979. The summed E-state index contributed by atoms with van der Waals surface area (Å²) in [5, 5.41) is 8.39. The topological polar surface area (TPSA) is 48.9 Å². The Labute approximate surface area is 48.9 Å². The SMILES string of the molecule is OCCc1cnc[nH]1.[HH]. The van der Waals surface area contributed by atoms with Crippen molar-refractivity contribution in [3.05, 3.63) is 18.2 Å². The molecule has 1 aromatic rings. The van der Waals surface area contributed by atoms with Crippen LogP contribution in [0.1, 0.15) is 7.12 Å². The summed E-state index contributed by atoms with van der Waals surface area (Å²) in [4.78, 5) is 6.64. The molecule has 0 amide bonds. The second-order valence-corrected chi connectivity index (χ2v) is 1.55. The zero-order chi connectivity index (χ0) is 5.82. The van der Waals surface area contributed by atoms with Crippen LogP contribution in [0.3, 0.4) is 0 Å². The molecule has 1 rings (SSSR count). The molecule has 1 heterocycles. The second kappa shape index (κ2) is 2.47. The number of nitrogens with one attached hydrogen (secondary N) is 1. The van der Waals surface area contributed by atoms with Crippen LogP contribution in [0, 0.1) is 0 Å². The van der Waals surface area contributed by atoms with Gasteiger partial charge in [0.25, 0.3) is 0 Å². The summed E-state index contributed by atoms with van der Waals surface area (Å²) in [6, 6.07) is 0. The fourth-order valence-corrected chi connectivity index (χ4v) is 0.542. The smallest absolute Gasteiger partial charge is 0.0921 e. The van der Waals surface area contributed by atoms with Gasteiger partial charge in [-0.1, -0.05) is 0 Å². The normalized spacial score (nSPS) is 9.62. The Morgan fingerprint density at radius 3 is 3.25 bits per heavy atom. The molecule has 0 saturated heterocycles. The van der Waals surface area contributed by atoms with Gasteiger partial charge in [-0.25, -0.2) is 4.98 Å². The van der Waals surface area contributed by atoms with Gasteiger partial charge in [0.1, 0.15) is 0 Å². The number of hydrogen-bond donors (Lipinski definition) is 2. The van der Waals surface area contributed by atoms with Crippen LogP contribution in [-0.4, -0.2) is 21.7 Å². The van der Waals surface area contributed by atoms with Crippen LogP contribution in [0.5, 0.6) is 0 Å². The predicted molar refractivity (Wildman–Crippen MR) is 31.5 cm³/mol. The summed E-state index contributed by atoms with van der Waals surface area (Å²) in [5.74, 6) is 0. The molecule has 3 nitrogen and oxygen atoms in total. The van der Waals surface area contributed by atoms with Crippen molar-refractivity contribution in [1.29, 1.82) is 0 Å². The molecule has 0 unspecified atom stereocenters. The Morgan fingerprint density at radius 2 is 2.75 bits per heavy atom. The molecule has 8 heavy (non-hydrogen) atoms. The van der Waals surface area contributed by atoms with Crippen molar-refractivity contribution in [2.45, 2.75) is 6.42 Å². The lowest BCUT2D eigenvalue weighted by molar-refractivity contribution is 0.298. The fourth-order valence-electron chi connectivity index (χ4n) is 0.542. The molecule has 0 bridgehead atoms. The van der Waals surface area contributed by atoms with E-state index in [0.29, 0.717) is 6.42 Å². The highest BCUT2D eigenvalue weighted by molar-refractivity contribution is 4.93. The van der Waals surface area contributed by atoms with Crippen molar-refractivity contribution in [3.63, 3.8) is 0 Å². The van der Waals surface area contributed by atoms with Gasteiger partial charge in [0.05, 0.1) is 6.33 Å². The van der Waals surface area contributed by atoms with Crippen LogP contribution in [0.15, 0.2) is 12.5 Å². The zero-order valence-electron chi connectivity index (χ0n) is 4.46. The van der Waals surface area contributed by atoms with E-state index in [2.05, 4.69) is 9.97 Å². The monoisotopic (exact) mass is 114 g/mol. The largest absolute Gasteiger partial charge is 0.396 e. The first-order valence-corrected chi connectivity index (χ1v) is 2.51. The first-order valence-electron chi connectivity index (χ1n) is 2.51. The molecule has 0 atom stereocenters.